The van der Waals surface area contributed by atoms with E-state index in [9.17, 15) is 4.79 Å². The summed E-state index contributed by atoms with van der Waals surface area (Å²) in [6, 6.07) is 5.82. The zero-order chi connectivity index (χ0) is 16.6. The number of hydrogen-bond acceptors (Lipinski definition) is 6. The molecule has 1 saturated heterocycles. The van der Waals surface area contributed by atoms with Gasteiger partial charge < -0.3 is 25.4 Å². The number of methoxy groups -OCH3 is 1. The molecule has 1 aliphatic heterocycles. The van der Waals surface area contributed by atoms with Crippen molar-refractivity contribution in [1.82, 2.24) is 5.32 Å². The summed E-state index contributed by atoms with van der Waals surface area (Å²) in [6.45, 7) is 9.99. The molecular weight excluding hydrogens is 282 g/mol. The van der Waals surface area contributed by atoms with Crippen molar-refractivity contribution in [3.05, 3.63) is 18.2 Å². The molecule has 0 spiro atoms. The molecule has 1 aromatic carbocycles. The first-order valence-corrected chi connectivity index (χ1v) is 7.38. The highest BCUT2D eigenvalue weighted by atomic mass is 16.5. The quantitative estimate of drug-likeness (QED) is 0.653. The first kappa shape index (κ1) is 18.1. The van der Waals surface area contributed by atoms with Crippen molar-refractivity contribution in [1.29, 1.82) is 0 Å². The Morgan fingerprint density at radius 3 is 2.36 bits per heavy atom. The van der Waals surface area contributed by atoms with E-state index in [0.717, 1.165) is 43.3 Å². The zero-order valence-electron chi connectivity index (χ0n) is 13.9. The molecule has 1 aliphatic rings. The van der Waals surface area contributed by atoms with Crippen molar-refractivity contribution < 1.29 is 14.3 Å². The van der Waals surface area contributed by atoms with Crippen LogP contribution < -0.4 is 20.7 Å². The van der Waals surface area contributed by atoms with E-state index in [0.29, 0.717) is 6.47 Å². The second-order valence-electron chi connectivity index (χ2n) is 5.99. The largest absolute Gasteiger partial charge is 0.495 e. The molecular formula is C16H27N3O3. The Labute approximate surface area is 132 Å². The molecule has 1 aromatic rings. The second-order valence-corrected chi connectivity index (χ2v) is 5.99. The third kappa shape index (κ3) is 6.22. The van der Waals surface area contributed by atoms with Crippen LogP contribution in [0, 0.1) is 0 Å². The van der Waals surface area contributed by atoms with Crippen LogP contribution in [0.5, 0.6) is 5.75 Å². The highest BCUT2D eigenvalue weighted by Gasteiger charge is 2.14. The average molecular weight is 309 g/mol. The van der Waals surface area contributed by atoms with Gasteiger partial charge in [0.15, 0.2) is 0 Å². The summed E-state index contributed by atoms with van der Waals surface area (Å²) in [6.07, 6.45) is 0. The zero-order valence-corrected chi connectivity index (χ0v) is 13.9. The summed E-state index contributed by atoms with van der Waals surface area (Å²) in [7, 11) is 1.68. The first-order chi connectivity index (χ1) is 10.4. The smallest absolute Gasteiger partial charge is 0.293 e. The minimum absolute atomic E-state index is 0.318. The summed E-state index contributed by atoms with van der Waals surface area (Å²) >= 11 is 0. The Kier molecular flexibility index (Phi) is 6.98. The highest BCUT2D eigenvalue weighted by Crippen LogP contribution is 2.30. The van der Waals surface area contributed by atoms with Crippen LogP contribution in [0.2, 0.25) is 0 Å². The molecule has 124 valence electrons. The van der Waals surface area contributed by atoms with E-state index in [-0.39, 0.29) is 5.60 Å². The van der Waals surface area contributed by atoms with Gasteiger partial charge in [-0.15, -0.1) is 0 Å². The summed E-state index contributed by atoms with van der Waals surface area (Å²) in [4.78, 5) is 11.9. The minimum Gasteiger partial charge on any atom is -0.495 e. The number of ether oxygens (including phenoxy) is 2. The van der Waals surface area contributed by atoms with Gasteiger partial charge in [0, 0.05) is 37.9 Å². The number of rotatable bonds is 3. The SMILES string of the molecule is CC(C)(C)OC=O.COc1cc(N)ccc1N1CCNCC1. The monoisotopic (exact) mass is 309 g/mol. The predicted molar refractivity (Wildman–Crippen MR) is 89.4 cm³/mol. The number of nitrogens with zero attached hydrogens (tertiary/aromatic N) is 1. The Balaban J connectivity index is 0.000000295. The maximum atomic E-state index is 9.60. The summed E-state index contributed by atoms with van der Waals surface area (Å²) in [5.74, 6) is 0.858. The van der Waals surface area contributed by atoms with Crippen LogP contribution in [0.1, 0.15) is 20.8 Å². The van der Waals surface area contributed by atoms with Crippen LogP contribution in [0.3, 0.4) is 0 Å². The van der Waals surface area contributed by atoms with E-state index >= 15 is 0 Å². The molecule has 2 rings (SSSR count). The minimum atomic E-state index is -0.318. The third-order valence-electron chi connectivity index (χ3n) is 3.06. The molecule has 3 N–H and O–H groups in total. The molecule has 0 aliphatic carbocycles. The van der Waals surface area contributed by atoms with Gasteiger partial charge in [-0.2, -0.15) is 0 Å². The van der Waals surface area contributed by atoms with Gasteiger partial charge in [0.2, 0.25) is 0 Å². The van der Waals surface area contributed by atoms with Crippen LogP contribution >= 0.6 is 0 Å². The fraction of sp³-hybridized carbons (Fsp3) is 0.562. The van der Waals surface area contributed by atoms with E-state index in [1.54, 1.807) is 7.11 Å². The molecule has 0 aromatic heterocycles. The number of piperazine rings is 1. The van der Waals surface area contributed by atoms with Gasteiger partial charge in [0.25, 0.3) is 6.47 Å². The lowest BCUT2D eigenvalue weighted by Gasteiger charge is -2.30. The van der Waals surface area contributed by atoms with Gasteiger partial charge in [-0.1, -0.05) is 0 Å². The number of carbonyl (C=O) groups excluding carboxylic acids is 1. The fourth-order valence-corrected chi connectivity index (χ4v) is 2.01. The standard InChI is InChI=1S/C11H17N3O.C5H10O2/c1-15-11-8-9(12)2-3-10(11)14-6-4-13-5-7-14;1-5(2,3)7-4-6/h2-3,8,13H,4-7,12H2,1H3;4H,1-3H3. The van der Waals surface area contributed by atoms with Crippen molar-refractivity contribution in [2.45, 2.75) is 26.4 Å². The van der Waals surface area contributed by atoms with Gasteiger partial charge in [-0.25, -0.2) is 0 Å². The van der Waals surface area contributed by atoms with Crippen LogP contribution in [0.15, 0.2) is 18.2 Å². The maximum Gasteiger partial charge on any atom is 0.293 e. The lowest BCUT2D eigenvalue weighted by Crippen LogP contribution is -2.43. The Morgan fingerprint density at radius 2 is 1.91 bits per heavy atom. The second kappa shape index (κ2) is 8.48. The van der Waals surface area contributed by atoms with E-state index in [1.807, 2.05) is 39.0 Å². The summed E-state index contributed by atoms with van der Waals surface area (Å²) in [5.41, 5.74) is 7.28. The number of nitrogens with two attached hydrogens (primary N) is 1. The molecule has 0 radical (unpaired) electrons. The molecule has 0 atom stereocenters. The summed E-state index contributed by atoms with van der Waals surface area (Å²) < 4.78 is 9.89. The fourth-order valence-electron chi connectivity index (χ4n) is 2.01. The van der Waals surface area contributed by atoms with Gasteiger partial charge in [0.05, 0.1) is 12.8 Å². The molecule has 0 amide bonds. The van der Waals surface area contributed by atoms with Crippen molar-refractivity contribution in [3.8, 4) is 5.75 Å². The van der Waals surface area contributed by atoms with Crippen molar-refractivity contribution in [2.24, 2.45) is 0 Å². The normalized spacial score (nSPS) is 14.6. The van der Waals surface area contributed by atoms with E-state index < -0.39 is 0 Å². The predicted octanol–water partition coefficient (Wildman–Crippen LogP) is 1.64. The van der Waals surface area contributed by atoms with Crippen molar-refractivity contribution >= 4 is 17.8 Å². The number of hydrogen-bond donors (Lipinski definition) is 2. The third-order valence-corrected chi connectivity index (χ3v) is 3.06. The molecule has 6 nitrogen and oxygen atoms in total. The molecule has 1 fully saturated rings. The number of carbonyl (C=O) groups is 1. The van der Waals surface area contributed by atoms with Gasteiger partial charge >= 0.3 is 0 Å². The molecule has 0 saturated carbocycles. The Morgan fingerprint density at radius 1 is 1.27 bits per heavy atom. The van der Waals surface area contributed by atoms with Crippen LogP contribution in [0.25, 0.3) is 0 Å². The Bertz CT molecular complexity index is 466. The first-order valence-electron chi connectivity index (χ1n) is 7.38. The Hall–Kier alpha value is -1.95. The van der Waals surface area contributed by atoms with E-state index in [2.05, 4.69) is 15.0 Å². The molecule has 22 heavy (non-hydrogen) atoms. The highest BCUT2D eigenvalue weighted by molar-refractivity contribution is 5.64. The number of benzene rings is 1. The maximum absolute atomic E-state index is 9.60. The van der Waals surface area contributed by atoms with Crippen LogP contribution in [0.4, 0.5) is 11.4 Å². The van der Waals surface area contributed by atoms with Gasteiger partial charge in [-0.3, -0.25) is 4.79 Å². The number of anilines is 2. The summed E-state index contributed by atoms with van der Waals surface area (Å²) in [5, 5.41) is 3.33. The molecule has 6 heteroatoms. The van der Waals surface area contributed by atoms with E-state index in [1.165, 1.54) is 0 Å². The number of nitrogens with one attached hydrogen (secondary N) is 1. The van der Waals surface area contributed by atoms with Crippen LogP contribution in [-0.2, 0) is 9.53 Å². The van der Waals surface area contributed by atoms with E-state index in [4.69, 9.17) is 10.5 Å². The van der Waals surface area contributed by atoms with Gasteiger partial charge in [0.1, 0.15) is 11.4 Å². The molecule has 0 unspecified atom stereocenters. The number of nitrogen functional groups attached to an aromatic ring is 1. The lowest BCUT2D eigenvalue weighted by molar-refractivity contribution is -0.138. The van der Waals surface area contributed by atoms with Gasteiger partial charge in [-0.05, 0) is 32.9 Å². The lowest BCUT2D eigenvalue weighted by atomic mass is 10.2. The van der Waals surface area contributed by atoms with Crippen molar-refractivity contribution in [2.75, 3.05) is 43.9 Å². The molecule has 1 heterocycles. The van der Waals surface area contributed by atoms with Crippen LogP contribution in [-0.4, -0.2) is 45.4 Å². The topological polar surface area (TPSA) is 76.8 Å². The average Bonchev–Trinajstić information content (AvgIpc) is 2.47. The van der Waals surface area contributed by atoms with Crippen molar-refractivity contribution in [3.63, 3.8) is 0 Å². The molecule has 0 bridgehead atoms.